The Balaban J connectivity index is 2.06. The van der Waals surface area contributed by atoms with Crippen LogP contribution in [0, 0.1) is 5.82 Å². The van der Waals surface area contributed by atoms with Gasteiger partial charge < -0.3 is 4.74 Å². The van der Waals surface area contributed by atoms with E-state index in [0.717, 1.165) is 26.4 Å². The monoisotopic (exact) mass is 313 g/mol. The minimum absolute atomic E-state index is 0.222. The number of aromatic nitrogens is 1. The molecule has 0 fully saturated rings. The van der Waals surface area contributed by atoms with Crippen LogP contribution in [0.1, 0.15) is 11.8 Å². The standard InChI is InChI=1S/C18H16FNOS/c1-2-21-12-16-11-17(13-7-9-20-10-8-13)18(22-16)14-3-5-15(19)6-4-14/h3-11H,2,12H2,1H3. The molecule has 2 heterocycles. The van der Waals surface area contributed by atoms with Gasteiger partial charge in [-0.15, -0.1) is 11.3 Å². The lowest BCUT2D eigenvalue weighted by Gasteiger charge is -2.04. The minimum atomic E-state index is -0.222. The number of halogens is 1. The summed E-state index contributed by atoms with van der Waals surface area (Å²) in [6.45, 7) is 3.27. The van der Waals surface area contributed by atoms with Gasteiger partial charge in [-0.05, 0) is 48.4 Å². The number of hydrogen-bond acceptors (Lipinski definition) is 3. The smallest absolute Gasteiger partial charge is 0.123 e. The highest BCUT2D eigenvalue weighted by Crippen LogP contribution is 2.39. The van der Waals surface area contributed by atoms with Gasteiger partial charge in [-0.3, -0.25) is 4.98 Å². The van der Waals surface area contributed by atoms with Crippen molar-refractivity contribution in [2.24, 2.45) is 0 Å². The maximum Gasteiger partial charge on any atom is 0.123 e. The van der Waals surface area contributed by atoms with Crippen molar-refractivity contribution in [2.45, 2.75) is 13.5 Å². The summed E-state index contributed by atoms with van der Waals surface area (Å²) < 4.78 is 18.7. The van der Waals surface area contributed by atoms with Crippen molar-refractivity contribution < 1.29 is 9.13 Å². The zero-order valence-electron chi connectivity index (χ0n) is 12.3. The molecule has 0 atom stereocenters. The van der Waals surface area contributed by atoms with Gasteiger partial charge in [0.2, 0.25) is 0 Å². The molecule has 0 aliphatic carbocycles. The number of rotatable bonds is 5. The fraction of sp³-hybridized carbons (Fsp3) is 0.167. The van der Waals surface area contributed by atoms with E-state index < -0.39 is 0 Å². The van der Waals surface area contributed by atoms with Crippen LogP contribution in [0.3, 0.4) is 0 Å². The summed E-state index contributed by atoms with van der Waals surface area (Å²) in [4.78, 5) is 6.36. The molecular weight excluding hydrogens is 297 g/mol. The summed E-state index contributed by atoms with van der Waals surface area (Å²) >= 11 is 1.69. The van der Waals surface area contributed by atoms with E-state index in [1.165, 1.54) is 12.1 Å². The number of hydrogen-bond donors (Lipinski definition) is 0. The molecule has 2 aromatic heterocycles. The molecular formula is C18H16FNOS. The van der Waals surface area contributed by atoms with E-state index in [-0.39, 0.29) is 5.82 Å². The number of nitrogens with zero attached hydrogens (tertiary/aromatic N) is 1. The Morgan fingerprint density at radius 2 is 1.77 bits per heavy atom. The number of pyridine rings is 1. The van der Waals surface area contributed by atoms with Crippen LogP contribution in [0.5, 0.6) is 0 Å². The average Bonchev–Trinajstić information content (AvgIpc) is 2.98. The Hall–Kier alpha value is -2.04. The van der Waals surface area contributed by atoms with Gasteiger partial charge in [0.15, 0.2) is 0 Å². The molecule has 3 rings (SSSR count). The van der Waals surface area contributed by atoms with Crippen LogP contribution in [0.25, 0.3) is 21.6 Å². The summed E-state index contributed by atoms with van der Waals surface area (Å²) in [7, 11) is 0. The van der Waals surface area contributed by atoms with Crippen molar-refractivity contribution in [3.05, 3.63) is 65.6 Å². The lowest BCUT2D eigenvalue weighted by molar-refractivity contribution is 0.136. The second-order valence-corrected chi connectivity index (χ2v) is 5.97. The quantitative estimate of drug-likeness (QED) is 0.649. The van der Waals surface area contributed by atoms with Crippen LogP contribution in [0.2, 0.25) is 0 Å². The molecule has 3 aromatic rings. The molecule has 0 unspecified atom stereocenters. The Labute approximate surface area is 133 Å². The minimum Gasteiger partial charge on any atom is -0.376 e. The molecule has 0 saturated carbocycles. The zero-order chi connectivity index (χ0) is 15.4. The van der Waals surface area contributed by atoms with E-state index in [1.807, 2.05) is 31.2 Å². The first-order valence-corrected chi connectivity index (χ1v) is 7.96. The number of thiophene rings is 1. The first-order valence-electron chi connectivity index (χ1n) is 7.14. The van der Waals surface area contributed by atoms with E-state index >= 15 is 0 Å². The van der Waals surface area contributed by atoms with Crippen molar-refractivity contribution in [2.75, 3.05) is 6.61 Å². The topological polar surface area (TPSA) is 22.1 Å². The molecule has 4 heteroatoms. The zero-order valence-corrected chi connectivity index (χ0v) is 13.1. The fourth-order valence-corrected chi connectivity index (χ4v) is 3.40. The molecule has 0 bridgehead atoms. The summed E-state index contributed by atoms with van der Waals surface area (Å²) in [6, 6.07) is 12.7. The van der Waals surface area contributed by atoms with Gasteiger partial charge >= 0.3 is 0 Å². The molecule has 1 aromatic carbocycles. The van der Waals surface area contributed by atoms with E-state index in [2.05, 4.69) is 11.1 Å². The van der Waals surface area contributed by atoms with Crippen molar-refractivity contribution in [1.29, 1.82) is 0 Å². The Morgan fingerprint density at radius 3 is 2.45 bits per heavy atom. The second kappa shape index (κ2) is 6.81. The first kappa shape index (κ1) is 14.9. The van der Waals surface area contributed by atoms with Crippen LogP contribution in [0.15, 0.2) is 54.9 Å². The van der Waals surface area contributed by atoms with Gasteiger partial charge in [0.25, 0.3) is 0 Å². The van der Waals surface area contributed by atoms with Crippen LogP contribution in [-0.2, 0) is 11.3 Å². The van der Waals surface area contributed by atoms with Crippen LogP contribution in [0.4, 0.5) is 4.39 Å². The predicted molar refractivity (Wildman–Crippen MR) is 88.3 cm³/mol. The second-order valence-electron chi connectivity index (χ2n) is 4.84. The van der Waals surface area contributed by atoms with Crippen molar-refractivity contribution >= 4 is 11.3 Å². The van der Waals surface area contributed by atoms with Crippen LogP contribution < -0.4 is 0 Å². The van der Waals surface area contributed by atoms with Crippen molar-refractivity contribution in [3.63, 3.8) is 0 Å². The maximum atomic E-state index is 13.2. The van der Waals surface area contributed by atoms with Gasteiger partial charge in [0.1, 0.15) is 5.82 Å². The molecule has 0 N–H and O–H groups in total. The Morgan fingerprint density at radius 1 is 1.05 bits per heavy atom. The van der Waals surface area contributed by atoms with Gasteiger partial charge in [0.05, 0.1) is 6.61 Å². The van der Waals surface area contributed by atoms with Gasteiger partial charge in [-0.2, -0.15) is 0 Å². The lowest BCUT2D eigenvalue weighted by atomic mass is 10.0. The van der Waals surface area contributed by atoms with E-state index in [0.29, 0.717) is 13.2 Å². The van der Waals surface area contributed by atoms with E-state index in [4.69, 9.17) is 4.74 Å². The van der Waals surface area contributed by atoms with Crippen LogP contribution >= 0.6 is 11.3 Å². The van der Waals surface area contributed by atoms with Gasteiger partial charge in [-0.25, -0.2) is 4.39 Å². The van der Waals surface area contributed by atoms with E-state index in [9.17, 15) is 4.39 Å². The van der Waals surface area contributed by atoms with Gasteiger partial charge in [-0.1, -0.05) is 12.1 Å². The molecule has 0 spiro atoms. The third kappa shape index (κ3) is 3.24. The van der Waals surface area contributed by atoms with E-state index in [1.54, 1.807) is 23.7 Å². The maximum absolute atomic E-state index is 13.2. The first-order chi connectivity index (χ1) is 10.8. The number of ether oxygens (including phenoxy) is 1. The number of benzene rings is 1. The third-order valence-corrected chi connectivity index (χ3v) is 4.49. The molecule has 22 heavy (non-hydrogen) atoms. The summed E-state index contributed by atoms with van der Waals surface area (Å²) in [5.41, 5.74) is 3.25. The van der Waals surface area contributed by atoms with Crippen molar-refractivity contribution in [1.82, 2.24) is 4.98 Å². The molecule has 0 radical (unpaired) electrons. The lowest BCUT2D eigenvalue weighted by Crippen LogP contribution is -1.87. The average molecular weight is 313 g/mol. The SMILES string of the molecule is CCOCc1cc(-c2ccncc2)c(-c2ccc(F)cc2)s1. The highest BCUT2D eigenvalue weighted by molar-refractivity contribution is 7.16. The fourth-order valence-electron chi connectivity index (χ4n) is 2.28. The predicted octanol–water partition coefficient (Wildman–Crippen LogP) is 5.15. The van der Waals surface area contributed by atoms with Crippen LogP contribution in [-0.4, -0.2) is 11.6 Å². The molecule has 2 nitrogen and oxygen atoms in total. The molecule has 0 saturated heterocycles. The largest absolute Gasteiger partial charge is 0.376 e. The normalized spacial score (nSPS) is 10.8. The summed E-state index contributed by atoms with van der Waals surface area (Å²) in [6.07, 6.45) is 3.56. The molecule has 0 amide bonds. The molecule has 112 valence electrons. The Bertz CT molecular complexity index is 738. The highest BCUT2D eigenvalue weighted by atomic mass is 32.1. The van der Waals surface area contributed by atoms with Crippen molar-refractivity contribution in [3.8, 4) is 21.6 Å². The summed E-state index contributed by atoms with van der Waals surface area (Å²) in [5.74, 6) is -0.222. The third-order valence-electron chi connectivity index (χ3n) is 3.33. The van der Waals surface area contributed by atoms with Gasteiger partial charge in [0, 0.05) is 34.3 Å². The molecule has 0 aliphatic rings. The molecule has 0 aliphatic heterocycles. The highest BCUT2D eigenvalue weighted by Gasteiger charge is 2.13. The summed E-state index contributed by atoms with van der Waals surface area (Å²) in [5, 5.41) is 0. The Kier molecular flexibility index (Phi) is 4.61.